The molecule has 0 atom stereocenters. The van der Waals surface area contributed by atoms with Gasteiger partial charge in [0.1, 0.15) is 0 Å². The zero-order chi connectivity index (χ0) is 13.8. The molecule has 1 aliphatic rings. The standard InChI is InChI=1S/C14H19N5/c1-9-3-2-4-10-5-6-11(12(9)10)7-8-18-14(17)19-13(15)16/h2-4,6H,5,7-8H2,1H3,(H6,15,16,17,18,19). The lowest BCUT2D eigenvalue weighted by atomic mass is 9.98. The molecular weight excluding hydrogens is 238 g/mol. The molecule has 0 bridgehead atoms. The second-order valence-electron chi connectivity index (χ2n) is 4.57. The number of aryl methyl sites for hydroxylation is 1. The second-order valence-corrected chi connectivity index (χ2v) is 4.57. The maximum atomic E-state index is 5.57. The third kappa shape index (κ3) is 3.13. The highest BCUT2D eigenvalue weighted by Crippen LogP contribution is 2.32. The molecule has 5 nitrogen and oxygen atoms in total. The second kappa shape index (κ2) is 5.56. The Morgan fingerprint density at radius 2 is 2.05 bits per heavy atom. The fourth-order valence-electron chi connectivity index (χ4n) is 2.38. The van der Waals surface area contributed by atoms with Gasteiger partial charge >= 0.3 is 0 Å². The third-order valence-electron chi connectivity index (χ3n) is 3.15. The quantitative estimate of drug-likeness (QED) is 0.554. The number of benzene rings is 1. The van der Waals surface area contributed by atoms with Gasteiger partial charge in [-0.1, -0.05) is 24.3 Å². The van der Waals surface area contributed by atoms with Gasteiger partial charge in [-0.3, -0.25) is 4.99 Å². The van der Waals surface area contributed by atoms with E-state index in [-0.39, 0.29) is 11.9 Å². The Labute approximate surface area is 112 Å². The minimum Gasteiger partial charge on any atom is -0.370 e. The van der Waals surface area contributed by atoms with E-state index in [1.807, 2.05) is 0 Å². The van der Waals surface area contributed by atoms with Crippen molar-refractivity contribution in [1.82, 2.24) is 0 Å². The molecular formula is C14H19N5. The van der Waals surface area contributed by atoms with Crippen molar-refractivity contribution in [3.63, 3.8) is 0 Å². The molecule has 0 spiro atoms. The SMILES string of the molecule is Cc1cccc2c1C(CCN=C(N)N=C(N)N)=CC2. The summed E-state index contributed by atoms with van der Waals surface area (Å²) in [7, 11) is 0. The van der Waals surface area contributed by atoms with Crippen molar-refractivity contribution in [2.75, 3.05) is 6.54 Å². The molecule has 5 heteroatoms. The maximum absolute atomic E-state index is 5.57. The van der Waals surface area contributed by atoms with Gasteiger partial charge in [-0.2, -0.15) is 4.99 Å². The van der Waals surface area contributed by atoms with Crippen LogP contribution in [0.5, 0.6) is 0 Å². The van der Waals surface area contributed by atoms with Crippen molar-refractivity contribution in [2.24, 2.45) is 27.2 Å². The van der Waals surface area contributed by atoms with Crippen LogP contribution in [0.1, 0.15) is 23.1 Å². The third-order valence-corrected chi connectivity index (χ3v) is 3.15. The van der Waals surface area contributed by atoms with Crippen molar-refractivity contribution in [1.29, 1.82) is 0 Å². The number of allylic oxidation sites excluding steroid dienone is 1. The van der Waals surface area contributed by atoms with Crippen LogP contribution in [0.25, 0.3) is 5.57 Å². The topological polar surface area (TPSA) is 103 Å². The van der Waals surface area contributed by atoms with Crippen LogP contribution in [0.15, 0.2) is 34.3 Å². The van der Waals surface area contributed by atoms with Crippen molar-refractivity contribution in [2.45, 2.75) is 19.8 Å². The lowest BCUT2D eigenvalue weighted by Gasteiger charge is -2.08. The summed E-state index contributed by atoms with van der Waals surface area (Å²) in [4.78, 5) is 7.82. The summed E-state index contributed by atoms with van der Waals surface area (Å²) >= 11 is 0. The van der Waals surface area contributed by atoms with Crippen LogP contribution in [0.4, 0.5) is 0 Å². The molecule has 0 amide bonds. The number of hydrogen-bond donors (Lipinski definition) is 3. The Kier molecular flexibility index (Phi) is 3.85. The molecule has 0 heterocycles. The van der Waals surface area contributed by atoms with Gasteiger partial charge in [-0.25, -0.2) is 0 Å². The van der Waals surface area contributed by atoms with E-state index in [4.69, 9.17) is 17.2 Å². The summed E-state index contributed by atoms with van der Waals surface area (Å²) in [6, 6.07) is 6.40. The predicted molar refractivity (Wildman–Crippen MR) is 79.8 cm³/mol. The molecule has 0 aliphatic heterocycles. The van der Waals surface area contributed by atoms with E-state index in [0.717, 1.165) is 12.8 Å². The van der Waals surface area contributed by atoms with Crippen molar-refractivity contribution >= 4 is 17.5 Å². The summed E-state index contributed by atoms with van der Waals surface area (Å²) in [5.74, 6) is 0.0612. The monoisotopic (exact) mass is 257 g/mol. The molecule has 0 saturated heterocycles. The molecule has 2 rings (SSSR count). The number of nitrogens with zero attached hydrogens (tertiary/aromatic N) is 2. The molecule has 6 N–H and O–H groups in total. The molecule has 0 fully saturated rings. The van der Waals surface area contributed by atoms with Crippen molar-refractivity contribution in [3.8, 4) is 0 Å². The predicted octanol–water partition coefficient (Wildman–Crippen LogP) is 0.913. The summed E-state index contributed by atoms with van der Waals surface area (Å²) in [6.07, 6.45) is 4.10. The zero-order valence-electron chi connectivity index (χ0n) is 11.1. The van der Waals surface area contributed by atoms with Crippen LogP contribution in [-0.2, 0) is 6.42 Å². The molecule has 0 saturated carbocycles. The molecule has 19 heavy (non-hydrogen) atoms. The molecule has 0 aromatic heterocycles. The molecule has 1 aromatic rings. The van der Waals surface area contributed by atoms with Crippen LogP contribution < -0.4 is 17.2 Å². The van der Waals surface area contributed by atoms with Gasteiger partial charge in [0.15, 0.2) is 5.96 Å². The normalized spacial score (nSPS) is 13.9. The molecule has 100 valence electrons. The van der Waals surface area contributed by atoms with E-state index in [1.165, 1.54) is 22.3 Å². The lowest BCUT2D eigenvalue weighted by molar-refractivity contribution is 1.01. The zero-order valence-corrected chi connectivity index (χ0v) is 11.1. The minimum absolute atomic E-state index is 0.0671. The maximum Gasteiger partial charge on any atom is 0.218 e. The number of hydrogen-bond acceptors (Lipinski definition) is 1. The Hall–Kier alpha value is -2.30. The van der Waals surface area contributed by atoms with E-state index in [0.29, 0.717) is 6.54 Å². The van der Waals surface area contributed by atoms with Crippen LogP contribution in [0.2, 0.25) is 0 Å². The van der Waals surface area contributed by atoms with Crippen LogP contribution in [0, 0.1) is 6.92 Å². The Morgan fingerprint density at radius 3 is 2.79 bits per heavy atom. The Morgan fingerprint density at radius 1 is 1.26 bits per heavy atom. The van der Waals surface area contributed by atoms with Crippen molar-refractivity contribution < 1.29 is 0 Å². The van der Waals surface area contributed by atoms with Crippen LogP contribution in [0.3, 0.4) is 0 Å². The van der Waals surface area contributed by atoms with Gasteiger partial charge in [-0.15, -0.1) is 0 Å². The average molecular weight is 257 g/mol. The number of fused-ring (bicyclic) bond motifs is 1. The Bertz CT molecular complexity index is 565. The van der Waals surface area contributed by atoms with Gasteiger partial charge in [0.05, 0.1) is 0 Å². The first-order chi connectivity index (χ1) is 9.08. The smallest absolute Gasteiger partial charge is 0.218 e. The van der Waals surface area contributed by atoms with Gasteiger partial charge in [0.25, 0.3) is 0 Å². The number of guanidine groups is 2. The molecule has 0 unspecified atom stereocenters. The molecule has 1 aliphatic carbocycles. The summed E-state index contributed by atoms with van der Waals surface area (Å²) in [5, 5.41) is 0. The fraction of sp³-hybridized carbons (Fsp3) is 0.286. The number of nitrogens with two attached hydrogens (primary N) is 3. The van der Waals surface area contributed by atoms with E-state index >= 15 is 0 Å². The van der Waals surface area contributed by atoms with Crippen LogP contribution in [-0.4, -0.2) is 18.5 Å². The summed E-state index contributed by atoms with van der Waals surface area (Å²) in [5.41, 5.74) is 21.4. The van der Waals surface area contributed by atoms with Gasteiger partial charge in [-0.05, 0) is 42.0 Å². The Balaban J connectivity index is 2.03. The molecule has 0 radical (unpaired) electrons. The molecule has 1 aromatic carbocycles. The first-order valence-electron chi connectivity index (χ1n) is 6.25. The highest BCUT2D eigenvalue weighted by Gasteiger charge is 2.15. The van der Waals surface area contributed by atoms with E-state index in [1.54, 1.807) is 0 Å². The van der Waals surface area contributed by atoms with Crippen LogP contribution >= 0.6 is 0 Å². The van der Waals surface area contributed by atoms with Gasteiger partial charge in [0, 0.05) is 6.54 Å². The van der Waals surface area contributed by atoms with E-state index < -0.39 is 0 Å². The summed E-state index contributed by atoms with van der Waals surface area (Å²) < 4.78 is 0. The van der Waals surface area contributed by atoms with Gasteiger partial charge in [0.2, 0.25) is 5.96 Å². The fourth-order valence-corrected chi connectivity index (χ4v) is 2.38. The van der Waals surface area contributed by atoms with E-state index in [2.05, 4.69) is 41.2 Å². The first kappa shape index (κ1) is 13.1. The average Bonchev–Trinajstić information content (AvgIpc) is 2.73. The minimum atomic E-state index is -0.0671. The summed E-state index contributed by atoms with van der Waals surface area (Å²) in [6.45, 7) is 2.72. The largest absolute Gasteiger partial charge is 0.370 e. The number of rotatable bonds is 3. The highest BCUT2D eigenvalue weighted by molar-refractivity contribution is 5.92. The lowest BCUT2D eigenvalue weighted by Crippen LogP contribution is -2.26. The number of aliphatic imine (C=N–C) groups is 2. The highest BCUT2D eigenvalue weighted by atomic mass is 15.1. The van der Waals surface area contributed by atoms with Gasteiger partial charge < -0.3 is 17.2 Å². The van der Waals surface area contributed by atoms with E-state index in [9.17, 15) is 0 Å². The first-order valence-corrected chi connectivity index (χ1v) is 6.25. The van der Waals surface area contributed by atoms with Crippen molar-refractivity contribution in [3.05, 3.63) is 41.0 Å².